The third-order valence-electron chi connectivity index (χ3n) is 5.84. The zero-order chi connectivity index (χ0) is 23.1. The predicted molar refractivity (Wildman–Crippen MR) is 118 cm³/mol. The maximum atomic E-state index is 14.1. The molecule has 0 saturated heterocycles. The van der Waals surface area contributed by atoms with Crippen molar-refractivity contribution in [1.29, 1.82) is 0 Å². The van der Waals surface area contributed by atoms with Crippen molar-refractivity contribution in [3.05, 3.63) is 65.0 Å². The fourth-order valence-corrected chi connectivity index (χ4v) is 4.00. The van der Waals surface area contributed by atoms with Gasteiger partial charge < -0.3 is 21.5 Å². The normalized spacial score (nSPS) is 14.7. The van der Waals surface area contributed by atoms with E-state index in [2.05, 4.69) is 10.6 Å². The molecule has 0 heterocycles. The Kier molecular flexibility index (Phi) is 7.94. The van der Waals surface area contributed by atoms with Crippen LogP contribution in [0.5, 0.6) is 0 Å². The Morgan fingerprint density at radius 2 is 1.78 bits per heavy atom. The molecule has 2 aromatic carbocycles. The first-order chi connectivity index (χ1) is 15.4. The number of carbonyl (C=O) groups excluding carboxylic acids is 3. The highest BCUT2D eigenvalue weighted by Gasteiger charge is 2.24. The van der Waals surface area contributed by atoms with E-state index in [-0.39, 0.29) is 30.3 Å². The first kappa shape index (κ1) is 23.4. The average molecular weight is 442 g/mol. The second-order valence-electron chi connectivity index (χ2n) is 8.16. The monoisotopic (exact) mass is 441 g/mol. The topological polar surface area (TPSA) is 122 Å². The molecule has 3 amide bonds. The van der Waals surface area contributed by atoms with Crippen LogP contribution in [0.2, 0.25) is 0 Å². The maximum Gasteiger partial charge on any atom is 0.251 e. The van der Waals surface area contributed by atoms with Gasteiger partial charge in [0.25, 0.3) is 5.91 Å². The number of benzene rings is 2. The number of amides is 3. The number of aliphatic hydroxyl groups excluding tert-OH is 1. The van der Waals surface area contributed by atoms with Crippen LogP contribution in [-0.4, -0.2) is 29.4 Å². The van der Waals surface area contributed by atoms with E-state index in [0.29, 0.717) is 23.5 Å². The third-order valence-corrected chi connectivity index (χ3v) is 5.84. The molecule has 2 aromatic rings. The molecule has 1 aliphatic rings. The number of hydrogen-bond donors (Lipinski definition) is 4. The Morgan fingerprint density at radius 3 is 2.38 bits per heavy atom. The van der Waals surface area contributed by atoms with Crippen LogP contribution in [0.4, 0.5) is 10.1 Å². The number of nitrogens with one attached hydrogen (secondary N) is 2. The summed E-state index contributed by atoms with van der Waals surface area (Å²) in [7, 11) is 0. The number of primary amides is 1. The third kappa shape index (κ3) is 6.13. The Labute approximate surface area is 186 Å². The van der Waals surface area contributed by atoms with Gasteiger partial charge in [0.15, 0.2) is 0 Å². The van der Waals surface area contributed by atoms with Crippen molar-refractivity contribution in [2.24, 2.45) is 11.7 Å². The molecule has 0 radical (unpaired) electrons. The molecule has 0 aliphatic heterocycles. The van der Waals surface area contributed by atoms with Gasteiger partial charge in [-0.2, -0.15) is 0 Å². The van der Waals surface area contributed by atoms with Crippen LogP contribution in [-0.2, 0) is 16.2 Å². The number of carbonyl (C=O) groups is 3. The Morgan fingerprint density at radius 1 is 1.09 bits per heavy atom. The second-order valence-corrected chi connectivity index (χ2v) is 8.16. The minimum Gasteiger partial charge on any atom is -0.392 e. The molecule has 0 spiro atoms. The van der Waals surface area contributed by atoms with Crippen LogP contribution in [0.15, 0.2) is 42.5 Å². The summed E-state index contributed by atoms with van der Waals surface area (Å²) >= 11 is 0. The summed E-state index contributed by atoms with van der Waals surface area (Å²) in [6.07, 6.45) is 4.83. The summed E-state index contributed by atoms with van der Waals surface area (Å²) < 4.78 is 14.1. The van der Waals surface area contributed by atoms with Crippen LogP contribution in [0.25, 0.3) is 0 Å². The van der Waals surface area contributed by atoms with E-state index in [1.165, 1.54) is 12.1 Å². The lowest BCUT2D eigenvalue weighted by Crippen LogP contribution is -2.35. The molecule has 0 aromatic heterocycles. The molecule has 8 heteroatoms. The van der Waals surface area contributed by atoms with Gasteiger partial charge in [-0.3, -0.25) is 14.4 Å². The predicted octanol–water partition coefficient (Wildman–Crippen LogP) is 2.84. The SMILES string of the molecule is NC(=O)c1ccc(NC(=O)C(CNC(=O)CC2CCCC2)c2ccc(CO)cc2)cc1F. The van der Waals surface area contributed by atoms with Gasteiger partial charge in [-0.05, 0) is 48.1 Å². The number of rotatable bonds is 9. The fourth-order valence-electron chi connectivity index (χ4n) is 4.00. The number of nitrogens with two attached hydrogens (primary N) is 1. The van der Waals surface area contributed by atoms with Gasteiger partial charge in [-0.1, -0.05) is 37.1 Å². The van der Waals surface area contributed by atoms with E-state index < -0.39 is 23.5 Å². The summed E-state index contributed by atoms with van der Waals surface area (Å²) in [6, 6.07) is 10.5. The smallest absolute Gasteiger partial charge is 0.251 e. The van der Waals surface area contributed by atoms with E-state index >= 15 is 0 Å². The lowest BCUT2D eigenvalue weighted by molar-refractivity contribution is -0.122. The molecule has 1 atom stereocenters. The summed E-state index contributed by atoms with van der Waals surface area (Å²) in [5.41, 5.74) is 6.37. The molecule has 5 N–H and O–H groups in total. The zero-order valence-corrected chi connectivity index (χ0v) is 17.8. The quantitative estimate of drug-likeness (QED) is 0.478. The average Bonchev–Trinajstić information content (AvgIpc) is 3.27. The number of aliphatic hydroxyl groups is 1. The number of halogens is 1. The molecule has 32 heavy (non-hydrogen) atoms. The minimum absolute atomic E-state index is 0.0811. The molecule has 1 saturated carbocycles. The Bertz CT molecular complexity index is 972. The van der Waals surface area contributed by atoms with Crippen molar-refractivity contribution >= 4 is 23.4 Å². The van der Waals surface area contributed by atoms with Crippen LogP contribution in [0.3, 0.4) is 0 Å². The maximum absolute atomic E-state index is 14.1. The van der Waals surface area contributed by atoms with Crippen LogP contribution >= 0.6 is 0 Å². The summed E-state index contributed by atoms with van der Waals surface area (Å²) in [4.78, 5) is 36.6. The standard InChI is InChI=1S/C24H28FN3O4/c25-21-12-18(9-10-19(21)23(26)31)28-24(32)20(17-7-5-16(14-29)6-8-17)13-27-22(30)11-15-3-1-2-4-15/h5-10,12,15,20,29H,1-4,11,13-14H2,(H2,26,31)(H,27,30)(H,28,32). The van der Waals surface area contributed by atoms with E-state index in [9.17, 15) is 23.9 Å². The Balaban J connectivity index is 1.72. The van der Waals surface area contributed by atoms with Crippen LogP contribution < -0.4 is 16.4 Å². The van der Waals surface area contributed by atoms with Gasteiger partial charge in [0.2, 0.25) is 11.8 Å². The molecule has 170 valence electrons. The van der Waals surface area contributed by atoms with Crippen molar-refractivity contribution in [2.75, 3.05) is 11.9 Å². The highest BCUT2D eigenvalue weighted by Crippen LogP contribution is 2.27. The second kappa shape index (κ2) is 10.9. The first-order valence-electron chi connectivity index (χ1n) is 10.7. The van der Waals surface area contributed by atoms with Gasteiger partial charge in [-0.25, -0.2) is 4.39 Å². The molecule has 1 aliphatic carbocycles. The van der Waals surface area contributed by atoms with Gasteiger partial charge in [0.1, 0.15) is 5.82 Å². The van der Waals surface area contributed by atoms with E-state index in [4.69, 9.17) is 5.73 Å². The summed E-state index contributed by atoms with van der Waals surface area (Å²) in [5.74, 6) is -2.60. The van der Waals surface area contributed by atoms with Crippen LogP contribution in [0.1, 0.15) is 59.5 Å². The van der Waals surface area contributed by atoms with Gasteiger partial charge >= 0.3 is 0 Å². The fraction of sp³-hybridized carbons (Fsp3) is 0.375. The van der Waals surface area contributed by atoms with Crippen molar-refractivity contribution in [1.82, 2.24) is 5.32 Å². The largest absolute Gasteiger partial charge is 0.392 e. The number of anilines is 1. The van der Waals surface area contributed by atoms with Gasteiger partial charge in [0.05, 0.1) is 18.1 Å². The molecule has 7 nitrogen and oxygen atoms in total. The first-order valence-corrected chi connectivity index (χ1v) is 10.7. The van der Waals surface area contributed by atoms with E-state index in [1.54, 1.807) is 24.3 Å². The zero-order valence-electron chi connectivity index (χ0n) is 17.8. The minimum atomic E-state index is -0.896. The molecular weight excluding hydrogens is 413 g/mol. The van der Waals surface area contributed by atoms with E-state index in [0.717, 1.165) is 31.7 Å². The highest BCUT2D eigenvalue weighted by atomic mass is 19.1. The van der Waals surface area contributed by atoms with Gasteiger partial charge in [0, 0.05) is 18.7 Å². The van der Waals surface area contributed by atoms with Crippen LogP contribution in [0, 0.1) is 11.7 Å². The Hall–Kier alpha value is -3.26. The molecule has 0 bridgehead atoms. The van der Waals surface area contributed by atoms with Gasteiger partial charge in [-0.15, -0.1) is 0 Å². The number of hydrogen-bond acceptors (Lipinski definition) is 4. The highest BCUT2D eigenvalue weighted by molar-refractivity contribution is 5.98. The lowest BCUT2D eigenvalue weighted by Gasteiger charge is -2.19. The molecule has 1 unspecified atom stereocenters. The van der Waals surface area contributed by atoms with Crippen molar-refractivity contribution < 1.29 is 23.9 Å². The molecule has 3 rings (SSSR count). The summed E-state index contributed by atoms with van der Waals surface area (Å²) in [5, 5.41) is 14.8. The molecular formula is C24H28FN3O4. The van der Waals surface area contributed by atoms with E-state index in [1.807, 2.05) is 0 Å². The van der Waals surface area contributed by atoms with Crippen molar-refractivity contribution in [2.45, 2.75) is 44.6 Å². The molecule has 1 fully saturated rings. The summed E-state index contributed by atoms with van der Waals surface area (Å²) in [6.45, 7) is -0.0432. The van der Waals surface area contributed by atoms with Crippen molar-refractivity contribution in [3.63, 3.8) is 0 Å². The lowest BCUT2D eigenvalue weighted by atomic mass is 9.96. The van der Waals surface area contributed by atoms with Crippen molar-refractivity contribution in [3.8, 4) is 0 Å².